The number of hydrogen-bond donors (Lipinski definition) is 3. The summed E-state index contributed by atoms with van der Waals surface area (Å²) in [5.74, 6) is 0.732. The molecule has 0 fully saturated rings. The SMILES string of the molecule is CNC(=O)c1ccc(NC)[nH]1. The van der Waals surface area contributed by atoms with Crippen molar-refractivity contribution in [1.29, 1.82) is 0 Å². The third-order valence-corrected chi connectivity index (χ3v) is 1.43. The molecule has 0 aromatic carbocycles. The summed E-state index contributed by atoms with van der Waals surface area (Å²) in [5.41, 5.74) is 0.567. The number of hydrogen-bond acceptors (Lipinski definition) is 2. The molecule has 0 aliphatic carbocycles. The summed E-state index contributed by atoms with van der Waals surface area (Å²) in [4.78, 5) is 13.9. The van der Waals surface area contributed by atoms with E-state index in [-0.39, 0.29) is 5.91 Å². The number of aromatic nitrogens is 1. The summed E-state index contributed by atoms with van der Waals surface area (Å²) in [7, 11) is 3.39. The third kappa shape index (κ3) is 1.52. The molecule has 0 bridgehead atoms. The van der Waals surface area contributed by atoms with Crippen LogP contribution in [-0.2, 0) is 0 Å². The van der Waals surface area contributed by atoms with E-state index >= 15 is 0 Å². The van der Waals surface area contributed by atoms with Crippen molar-refractivity contribution in [3.63, 3.8) is 0 Å². The van der Waals surface area contributed by atoms with Crippen LogP contribution in [-0.4, -0.2) is 25.0 Å². The van der Waals surface area contributed by atoms with Gasteiger partial charge in [-0.25, -0.2) is 0 Å². The number of carbonyl (C=O) groups is 1. The van der Waals surface area contributed by atoms with Gasteiger partial charge in [0.1, 0.15) is 11.5 Å². The predicted molar refractivity (Wildman–Crippen MR) is 43.7 cm³/mol. The average molecular weight is 153 g/mol. The number of H-pyrrole nitrogens is 1. The molecular formula is C7H11N3O. The quantitative estimate of drug-likeness (QED) is 0.576. The molecule has 11 heavy (non-hydrogen) atoms. The normalized spacial score (nSPS) is 9.27. The van der Waals surface area contributed by atoms with Gasteiger partial charge < -0.3 is 15.6 Å². The molecule has 1 aromatic rings. The molecule has 3 N–H and O–H groups in total. The monoisotopic (exact) mass is 153 g/mol. The highest BCUT2D eigenvalue weighted by Crippen LogP contribution is 2.05. The largest absolute Gasteiger partial charge is 0.375 e. The lowest BCUT2D eigenvalue weighted by atomic mass is 10.4. The Hall–Kier alpha value is -1.45. The van der Waals surface area contributed by atoms with Crippen LogP contribution in [0, 0.1) is 0 Å². The van der Waals surface area contributed by atoms with Gasteiger partial charge >= 0.3 is 0 Å². The Labute approximate surface area is 65.0 Å². The first-order valence-electron chi connectivity index (χ1n) is 3.36. The zero-order valence-corrected chi connectivity index (χ0v) is 6.56. The lowest BCUT2D eigenvalue weighted by Crippen LogP contribution is -2.17. The van der Waals surface area contributed by atoms with Crippen LogP contribution in [0.15, 0.2) is 12.1 Å². The second-order valence-electron chi connectivity index (χ2n) is 2.11. The van der Waals surface area contributed by atoms with E-state index in [1.807, 2.05) is 6.07 Å². The van der Waals surface area contributed by atoms with Crippen molar-refractivity contribution in [2.75, 3.05) is 19.4 Å². The summed E-state index contributed by atoms with van der Waals surface area (Å²) >= 11 is 0. The minimum absolute atomic E-state index is 0.105. The maximum absolute atomic E-state index is 11.0. The van der Waals surface area contributed by atoms with Crippen LogP contribution in [0.1, 0.15) is 10.5 Å². The molecule has 1 rings (SSSR count). The van der Waals surface area contributed by atoms with E-state index < -0.39 is 0 Å². The number of carbonyl (C=O) groups excluding carboxylic acids is 1. The van der Waals surface area contributed by atoms with E-state index in [0.717, 1.165) is 5.82 Å². The van der Waals surface area contributed by atoms with Gasteiger partial charge in [0.2, 0.25) is 0 Å². The molecule has 0 unspecified atom stereocenters. The molecule has 0 saturated heterocycles. The molecule has 60 valence electrons. The van der Waals surface area contributed by atoms with Crippen molar-refractivity contribution in [2.24, 2.45) is 0 Å². The highest BCUT2D eigenvalue weighted by molar-refractivity contribution is 5.92. The molecule has 1 heterocycles. The van der Waals surface area contributed by atoms with Gasteiger partial charge in [0.25, 0.3) is 5.91 Å². The molecule has 0 saturated carbocycles. The van der Waals surface area contributed by atoms with E-state index in [4.69, 9.17) is 0 Å². The minimum atomic E-state index is -0.105. The fraction of sp³-hybridized carbons (Fsp3) is 0.286. The van der Waals surface area contributed by atoms with Gasteiger partial charge in [-0.2, -0.15) is 0 Å². The average Bonchev–Trinajstić information content (AvgIpc) is 2.50. The van der Waals surface area contributed by atoms with Gasteiger partial charge in [-0.05, 0) is 12.1 Å². The van der Waals surface area contributed by atoms with E-state index in [1.165, 1.54) is 0 Å². The third-order valence-electron chi connectivity index (χ3n) is 1.43. The van der Waals surface area contributed by atoms with Gasteiger partial charge in [0.15, 0.2) is 0 Å². The summed E-state index contributed by atoms with van der Waals surface area (Å²) < 4.78 is 0. The predicted octanol–water partition coefficient (Wildman–Crippen LogP) is 0.416. The van der Waals surface area contributed by atoms with Crippen molar-refractivity contribution in [3.8, 4) is 0 Å². The number of anilines is 1. The fourth-order valence-electron chi connectivity index (χ4n) is 0.808. The molecule has 0 radical (unpaired) electrons. The summed E-state index contributed by atoms with van der Waals surface area (Å²) in [5, 5.41) is 5.41. The van der Waals surface area contributed by atoms with E-state index in [9.17, 15) is 4.79 Å². The Morgan fingerprint density at radius 2 is 2.18 bits per heavy atom. The summed E-state index contributed by atoms with van der Waals surface area (Å²) in [6.45, 7) is 0. The smallest absolute Gasteiger partial charge is 0.267 e. The highest BCUT2D eigenvalue weighted by atomic mass is 16.1. The number of nitrogens with one attached hydrogen (secondary N) is 3. The summed E-state index contributed by atoms with van der Waals surface area (Å²) in [6.07, 6.45) is 0. The van der Waals surface area contributed by atoms with Crippen LogP contribution >= 0.6 is 0 Å². The molecular weight excluding hydrogens is 142 g/mol. The molecule has 0 aliphatic heterocycles. The Morgan fingerprint density at radius 3 is 2.64 bits per heavy atom. The molecule has 1 aromatic heterocycles. The van der Waals surface area contributed by atoms with Crippen LogP contribution < -0.4 is 10.6 Å². The molecule has 4 heteroatoms. The first-order chi connectivity index (χ1) is 5.27. The maximum atomic E-state index is 11.0. The molecule has 4 nitrogen and oxygen atoms in total. The van der Waals surface area contributed by atoms with E-state index in [1.54, 1.807) is 20.2 Å². The van der Waals surface area contributed by atoms with Crippen molar-refractivity contribution < 1.29 is 4.79 Å². The van der Waals surface area contributed by atoms with Crippen LogP contribution in [0.5, 0.6) is 0 Å². The van der Waals surface area contributed by atoms with Crippen LogP contribution in [0.3, 0.4) is 0 Å². The van der Waals surface area contributed by atoms with Crippen molar-refractivity contribution in [1.82, 2.24) is 10.3 Å². The first kappa shape index (κ1) is 7.65. The number of rotatable bonds is 2. The van der Waals surface area contributed by atoms with Gasteiger partial charge in [-0.15, -0.1) is 0 Å². The van der Waals surface area contributed by atoms with Crippen molar-refractivity contribution in [2.45, 2.75) is 0 Å². The second kappa shape index (κ2) is 3.09. The second-order valence-corrected chi connectivity index (χ2v) is 2.11. The van der Waals surface area contributed by atoms with Crippen LogP contribution in [0.4, 0.5) is 5.82 Å². The lowest BCUT2D eigenvalue weighted by molar-refractivity contribution is 0.0959. The van der Waals surface area contributed by atoms with E-state index in [2.05, 4.69) is 15.6 Å². The van der Waals surface area contributed by atoms with Crippen LogP contribution in [0.2, 0.25) is 0 Å². The van der Waals surface area contributed by atoms with Crippen LogP contribution in [0.25, 0.3) is 0 Å². The van der Waals surface area contributed by atoms with Crippen molar-refractivity contribution >= 4 is 11.7 Å². The number of amides is 1. The van der Waals surface area contributed by atoms with Gasteiger partial charge in [-0.3, -0.25) is 4.79 Å². The minimum Gasteiger partial charge on any atom is -0.375 e. The Balaban J connectivity index is 2.80. The Bertz CT molecular complexity index is 254. The maximum Gasteiger partial charge on any atom is 0.267 e. The lowest BCUT2D eigenvalue weighted by Gasteiger charge is -1.95. The van der Waals surface area contributed by atoms with E-state index in [0.29, 0.717) is 5.69 Å². The molecule has 1 amide bonds. The molecule has 0 atom stereocenters. The van der Waals surface area contributed by atoms with Gasteiger partial charge in [0, 0.05) is 14.1 Å². The first-order valence-corrected chi connectivity index (χ1v) is 3.36. The van der Waals surface area contributed by atoms with Gasteiger partial charge in [0.05, 0.1) is 0 Å². The molecule has 0 aliphatic rings. The Kier molecular flexibility index (Phi) is 2.15. The molecule has 0 spiro atoms. The topological polar surface area (TPSA) is 56.9 Å². The zero-order chi connectivity index (χ0) is 8.27. The summed E-state index contributed by atoms with van der Waals surface area (Å²) in [6, 6.07) is 3.54. The number of aromatic amines is 1. The van der Waals surface area contributed by atoms with Gasteiger partial charge in [-0.1, -0.05) is 0 Å². The zero-order valence-electron chi connectivity index (χ0n) is 6.56. The standard InChI is InChI=1S/C7H11N3O/c1-8-6-4-3-5(10-6)7(11)9-2/h3-4,8,10H,1-2H3,(H,9,11). The van der Waals surface area contributed by atoms with Crippen molar-refractivity contribution in [3.05, 3.63) is 17.8 Å². The fourth-order valence-corrected chi connectivity index (χ4v) is 0.808. The highest BCUT2D eigenvalue weighted by Gasteiger charge is 2.03. The Morgan fingerprint density at radius 1 is 1.45 bits per heavy atom.